The van der Waals surface area contributed by atoms with Gasteiger partial charge in [-0.25, -0.2) is 0 Å². The summed E-state index contributed by atoms with van der Waals surface area (Å²) in [6.45, 7) is 3.04. The molecule has 1 amide bonds. The van der Waals surface area contributed by atoms with Gasteiger partial charge < -0.3 is 14.8 Å². The van der Waals surface area contributed by atoms with Crippen LogP contribution in [0.4, 0.5) is 5.69 Å². The minimum absolute atomic E-state index is 0.0343. The van der Waals surface area contributed by atoms with E-state index < -0.39 is 5.97 Å². The number of ketones is 1. The highest BCUT2D eigenvalue weighted by atomic mass is 32.2. The number of benzene rings is 2. The maximum Gasteiger partial charge on any atom is 0.316 e. The lowest BCUT2D eigenvalue weighted by atomic mass is 10.1. The molecular weight excluding hydrogens is 378 g/mol. The predicted molar refractivity (Wildman–Crippen MR) is 110 cm³/mol. The molecule has 0 aliphatic heterocycles. The van der Waals surface area contributed by atoms with Crippen molar-refractivity contribution < 1.29 is 23.9 Å². The van der Waals surface area contributed by atoms with Gasteiger partial charge in [0.05, 0.1) is 12.9 Å². The molecule has 0 aliphatic rings. The highest BCUT2D eigenvalue weighted by molar-refractivity contribution is 7.99. The van der Waals surface area contributed by atoms with Crippen molar-refractivity contribution in [3.8, 4) is 5.75 Å². The highest BCUT2D eigenvalue weighted by Crippen LogP contribution is 2.25. The molecule has 2 rings (SSSR count). The minimum atomic E-state index is -0.480. The SMILES string of the molecule is COc1ccc(C(C)=O)cc1CSCC(=O)OCC(=O)Nc1ccccc1C. The zero-order chi connectivity index (χ0) is 20.5. The van der Waals surface area contributed by atoms with Crippen LogP contribution in [0.3, 0.4) is 0 Å². The number of thioether (sulfide) groups is 1. The van der Waals surface area contributed by atoms with Gasteiger partial charge in [0.15, 0.2) is 12.4 Å². The third kappa shape index (κ3) is 6.42. The van der Waals surface area contributed by atoms with Crippen molar-refractivity contribution in [1.29, 1.82) is 0 Å². The smallest absolute Gasteiger partial charge is 0.316 e. The topological polar surface area (TPSA) is 81.7 Å². The first-order chi connectivity index (χ1) is 13.4. The molecule has 0 unspecified atom stereocenters. The summed E-state index contributed by atoms with van der Waals surface area (Å²) >= 11 is 1.32. The normalized spacial score (nSPS) is 10.2. The van der Waals surface area contributed by atoms with Gasteiger partial charge in [0.2, 0.25) is 0 Å². The van der Waals surface area contributed by atoms with E-state index in [4.69, 9.17) is 9.47 Å². The Morgan fingerprint density at radius 1 is 1.11 bits per heavy atom. The molecule has 148 valence electrons. The van der Waals surface area contributed by atoms with Crippen LogP contribution in [-0.4, -0.2) is 37.1 Å². The number of methoxy groups -OCH3 is 1. The van der Waals surface area contributed by atoms with Gasteiger partial charge in [-0.3, -0.25) is 14.4 Å². The number of esters is 1. The molecule has 28 heavy (non-hydrogen) atoms. The summed E-state index contributed by atoms with van der Waals surface area (Å²) in [5.74, 6) is 0.325. The Hall–Kier alpha value is -2.80. The molecule has 2 aromatic carbocycles. The van der Waals surface area contributed by atoms with Gasteiger partial charge in [-0.15, -0.1) is 11.8 Å². The number of carbonyl (C=O) groups is 3. The third-order valence-corrected chi connectivity index (χ3v) is 4.90. The Balaban J connectivity index is 1.78. The maximum atomic E-state index is 11.9. The van der Waals surface area contributed by atoms with E-state index in [-0.39, 0.29) is 24.1 Å². The number of rotatable bonds is 9. The lowest BCUT2D eigenvalue weighted by Crippen LogP contribution is -2.22. The van der Waals surface area contributed by atoms with Gasteiger partial charge in [-0.1, -0.05) is 18.2 Å². The Labute approximate surface area is 168 Å². The second-order valence-corrected chi connectivity index (χ2v) is 7.08. The molecule has 0 atom stereocenters. The van der Waals surface area contributed by atoms with Gasteiger partial charge in [-0.2, -0.15) is 0 Å². The van der Waals surface area contributed by atoms with E-state index in [1.807, 2.05) is 25.1 Å². The molecular formula is C21H23NO5S. The van der Waals surface area contributed by atoms with Gasteiger partial charge >= 0.3 is 5.97 Å². The summed E-state index contributed by atoms with van der Waals surface area (Å²) in [5, 5.41) is 2.71. The highest BCUT2D eigenvalue weighted by Gasteiger charge is 2.11. The number of amides is 1. The van der Waals surface area contributed by atoms with Gasteiger partial charge in [0, 0.05) is 22.6 Å². The minimum Gasteiger partial charge on any atom is -0.496 e. The van der Waals surface area contributed by atoms with Crippen molar-refractivity contribution in [3.05, 3.63) is 59.2 Å². The van der Waals surface area contributed by atoms with E-state index in [9.17, 15) is 14.4 Å². The van der Waals surface area contributed by atoms with E-state index in [0.717, 1.165) is 11.1 Å². The van der Waals surface area contributed by atoms with Crippen molar-refractivity contribution in [2.24, 2.45) is 0 Å². The van der Waals surface area contributed by atoms with E-state index in [0.29, 0.717) is 22.8 Å². The zero-order valence-corrected chi connectivity index (χ0v) is 16.9. The van der Waals surface area contributed by atoms with Crippen LogP contribution in [0.5, 0.6) is 5.75 Å². The number of Topliss-reactive ketones (excluding diaryl/α,β-unsaturated/α-hetero) is 1. The summed E-state index contributed by atoms with van der Waals surface area (Å²) in [7, 11) is 1.55. The monoisotopic (exact) mass is 401 g/mol. The molecule has 0 saturated heterocycles. The van der Waals surface area contributed by atoms with Crippen LogP contribution in [0.1, 0.15) is 28.4 Å². The summed E-state index contributed by atoms with van der Waals surface area (Å²) in [6.07, 6.45) is 0. The lowest BCUT2D eigenvalue weighted by molar-refractivity contribution is -0.144. The molecule has 0 saturated carbocycles. The first-order valence-corrected chi connectivity index (χ1v) is 9.83. The predicted octanol–water partition coefficient (Wildman–Crippen LogP) is 3.62. The van der Waals surface area contributed by atoms with Crippen LogP contribution < -0.4 is 10.1 Å². The molecule has 0 fully saturated rings. The van der Waals surface area contributed by atoms with Crippen LogP contribution in [0.25, 0.3) is 0 Å². The van der Waals surface area contributed by atoms with Crippen LogP contribution in [0, 0.1) is 6.92 Å². The number of ether oxygens (including phenoxy) is 2. The molecule has 2 aromatic rings. The maximum absolute atomic E-state index is 11.9. The fourth-order valence-corrected chi connectivity index (χ4v) is 3.24. The van der Waals surface area contributed by atoms with Crippen LogP contribution in [0.15, 0.2) is 42.5 Å². The van der Waals surface area contributed by atoms with Crippen LogP contribution in [0.2, 0.25) is 0 Å². The second kappa shape index (κ2) is 10.5. The number of nitrogens with one attached hydrogen (secondary N) is 1. The fourth-order valence-electron chi connectivity index (χ4n) is 2.44. The van der Waals surface area contributed by atoms with Crippen molar-refractivity contribution in [2.75, 3.05) is 24.8 Å². The molecule has 0 spiro atoms. The van der Waals surface area contributed by atoms with Crippen molar-refractivity contribution >= 4 is 35.1 Å². The largest absolute Gasteiger partial charge is 0.496 e. The third-order valence-electron chi connectivity index (χ3n) is 3.95. The van der Waals surface area contributed by atoms with Crippen LogP contribution >= 0.6 is 11.8 Å². The standard InChI is InChI=1S/C21H23NO5S/c1-14-6-4-5-7-18(14)22-20(24)11-27-21(25)13-28-12-17-10-16(15(2)23)8-9-19(17)26-3/h4-10H,11-13H2,1-3H3,(H,22,24). The summed E-state index contributed by atoms with van der Waals surface area (Å²) in [4.78, 5) is 35.3. The van der Waals surface area contributed by atoms with E-state index in [1.54, 1.807) is 31.4 Å². The van der Waals surface area contributed by atoms with E-state index >= 15 is 0 Å². The van der Waals surface area contributed by atoms with Crippen molar-refractivity contribution in [2.45, 2.75) is 19.6 Å². The lowest BCUT2D eigenvalue weighted by Gasteiger charge is -2.10. The van der Waals surface area contributed by atoms with E-state index in [2.05, 4.69) is 5.32 Å². The summed E-state index contributed by atoms with van der Waals surface area (Å²) < 4.78 is 10.3. The number of hydrogen-bond donors (Lipinski definition) is 1. The number of para-hydroxylation sites is 1. The first kappa shape index (κ1) is 21.5. The Kier molecular flexibility index (Phi) is 8.07. The second-order valence-electron chi connectivity index (χ2n) is 6.10. The summed E-state index contributed by atoms with van der Waals surface area (Å²) in [5.41, 5.74) is 3.03. The molecule has 0 heterocycles. The fraction of sp³-hybridized carbons (Fsp3) is 0.286. The molecule has 0 radical (unpaired) electrons. The number of aryl methyl sites for hydroxylation is 1. The van der Waals surface area contributed by atoms with Gasteiger partial charge in [0.25, 0.3) is 5.91 Å². The Morgan fingerprint density at radius 2 is 1.86 bits per heavy atom. The molecule has 6 nitrogen and oxygen atoms in total. The number of hydrogen-bond acceptors (Lipinski definition) is 6. The van der Waals surface area contributed by atoms with Gasteiger partial charge in [-0.05, 0) is 43.7 Å². The average molecular weight is 401 g/mol. The number of carbonyl (C=O) groups excluding carboxylic acids is 3. The van der Waals surface area contributed by atoms with E-state index in [1.165, 1.54) is 18.7 Å². The first-order valence-electron chi connectivity index (χ1n) is 8.67. The molecule has 0 bridgehead atoms. The molecule has 7 heteroatoms. The summed E-state index contributed by atoms with van der Waals surface area (Å²) in [6, 6.07) is 12.6. The zero-order valence-electron chi connectivity index (χ0n) is 16.1. The van der Waals surface area contributed by atoms with Crippen LogP contribution in [-0.2, 0) is 20.1 Å². The quantitative estimate of drug-likeness (QED) is 0.511. The van der Waals surface area contributed by atoms with Crippen molar-refractivity contribution in [3.63, 3.8) is 0 Å². The Bertz CT molecular complexity index is 866. The number of anilines is 1. The molecule has 1 N–H and O–H groups in total. The van der Waals surface area contributed by atoms with Gasteiger partial charge in [0.1, 0.15) is 5.75 Å². The molecule has 0 aromatic heterocycles. The Morgan fingerprint density at radius 3 is 2.54 bits per heavy atom. The molecule has 0 aliphatic carbocycles. The average Bonchev–Trinajstić information content (AvgIpc) is 2.68. The van der Waals surface area contributed by atoms with Crippen molar-refractivity contribution in [1.82, 2.24) is 0 Å².